The van der Waals surface area contributed by atoms with Gasteiger partial charge in [0.2, 0.25) is 0 Å². The molecule has 31 heavy (non-hydrogen) atoms. The van der Waals surface area contributed by atoms with Crippen LogP contribution >= 0.6 is 0 Å². The van der Waals surface area contributed by atoms with Gasteiger partial charge < -0.3 is 14.5 Å². The quantitative estimate of drug-likeness (QED) is 0.624. The predicted molar refractivity (Wildman–Crippen MR) is 122 cm³/mol. The summed E-state index contributed by atoms with van der Waals surface area (Å²) in [6.07, 6.45) is 0.682. The van der Waals surface area contributed by atoms with E-state index >= 15 is 0 Å². The number of nitrogens with one attached hydrogen (secondary N) is 1. The van der Waals surface area contributed by atoms with E-state index in [2.05, 4.69) is 16.0 Å². The minimum absolute atomic E-state index is 0.0337. The maximum Gasteiger partial charge on any atom is 0.254 e. The summed E-state index contributed by atoms with van der Waals surface area (Å²) in [5, 5.41) is 0. The zero-order chi connectivity index (χ0) is 21.8. The van der Waals surface area contributed by atoms with Gasteiger partial charge in [0.05, 0.1) is 18.9 Å². The molecule has 0 unspecified atom stereocenters. The number of hydrogen-bond donors (Lipinski definition) is 1. The number of aromatic amines is 1. The van der Waals surface area contributed by atoms with E-state index in [9.17, 15) is 4.79 Å². The van der Waals surface area contributed by atoms with Crippen LogP contribution in [0.1, 0.15) is 36.2 Å². The third-order valence-corrected chi connectivity index (χ3v) is 5.52. The SMILES string of the molecule is CCOc1cccc(CN2CCc3c(nc(-c4ccc(C)cc4)[nH]c3=O)C2)c1OCC. The molecule has 0 radical (unpaired) electrons. The highest BCUT2D eigenvalue weighted by Gasteiger charge is 2.23. The van der Waals surface area contributed by atoms with Crippen LogP contribution < -0.4 is 15.0 Å². The van der Waals surface area contributed by atoms with Crippen molar-refractivity contribution in [2.24, 2.45) is 0 Å². The fraction of sp³-hybridized carbons (Fsp3) is 0.360. The lowest BCUT2D eigenvalue weighted by atomic mass is 10.0. The molecule has 1 aliphatic rings. The Bertz CT molecular complexity index is 1110. The summed E-state index contributed by atoms with van der Waals surface area (Å²) in [4.78, 5) is 22.8. The number of aryl methyl sites for hydroxylation is 1. The molecule has 1 aromatic heterocycles. The van der Waals surface area contributed by atoms with E-state index in [1.165, 1.54) is 5.56 Å². The second kappa shape index (κ2) is 9.35. The maximum atomic E-state index is 12.7. The van der Waals surface area contributed by atoms with Gasteiger partial charge in [0, 0.05) is 36.3 Å². The van der Waals surface area contributed by atoms with Gasteiger partial charge >= 0.3 is 0 Å². The van der Waals surface area contributed by atoms with Crippen LogP contribution in [0.4, 0.5) is 0 Å². The summed E-state index contributed by atoms with van der Waals surface area (Å²) in [5.41, 5.74) is 4.79. The molecule has 0 saturated heterocycles. The second-order valence-corrected chi connectivity index (χ2v) is 7.78. The molecule has 0 aliphatic carbocycles. The first-order valence-corrected chi connectivity index (χ1v) is 10.9. The molecular weight excluding hydrogens is 390 g/mol. The van der Waals surface area contributed by atoms with Crippen molar-refractivity contribution in [3.8, 4) is 22.9 Å². The van der Waals surface area contributed by atoms with Gasteiger partial charge in [0.25, 0.3) is 5.56 Å². The highest BCUT2D eigenvalue weighted by molar-refractivity contribution is 5.55. The Labute approximate surface area is 182 Å². The van der Waals surface area contributed by atoms with Gasteiger partial charge in [0.1, 0.15) is 5.82 Å². The Hall–Kier alpha value is -3.12. The molecule has 2 aromatic carbocycles. The molecule has 0 bridgehead atoms. The Morgan fingerprint density at radius 1 is 1.06 bits per heavy atom. The van der Waals surface area contributed by atoms with Gasteiger partial charge in [0.15, 0.2) is 11.5 Å². The number of H-pyrrole nitrogens is 1. The predicted octanol–water partition coefficient (Wildman–Crippen LogP) is 4.10. The van der Waals surface area contributed by atoms with Crippen LogP contribution in [0.25, 0.3) is 11.4 Å². The van der Waals surface area contributed by atoms with Crippen LogP contribution in [0.3, 0.4) is 0 Å². The fourth-order valence-corrected chi connectivity index (χ4v) is 3.98. The minimum Gasteiger partial charge on any atom is -0.490 e. The molecule has 162 valence electrons. The smallest absolute Gasteiger partial charge is 0.254 e. The molecule has 0 amide bonds. The van der Waals surface area contributed by atoms with Gasteiger partial charge in [-0.25, -0.2) is 4.98 Å². The van der Waals surface area contributed by atoms with Gasteiger partial charge in [-0.1, -0.05) is 42.0 Å². The fourth-order valence-electron chi connectivity index (χ4n) is 3.98. The topological polar surface area (TPSA) is 67.5 Å². The summed E-state index contributed by atoms with van der Waals surface area (Å²) >= 11 is 0. The average molecular weight is 420 g/mol. The van der Waals surface area contributed by atoms with Gasteiger partial charge in [-0.15, -0.1) is 0 Å². The first-order chi connectivity index (χ1) is 15.1. The molecule has 0 spiro atoms. The van der Waals surface area contributed by atoms with Crippen molar-refractivity contribution in [3.05, 3.63) is 75.2 Å². The Balaban J connectivity index is 1.60. The molecule has 3 aromatic rings. The lowest BCUT2D eigenvalue weighted by Gasteiger charge is -2.28. The number of ether oxygens (including phenoxy) is 2. The summed E-state index contributed by atoms with van der Waals surface area (Å²) < 4.78 is 11.7. The largest absolute Gasteiger partial charge is 0.490 e. The van der Waals surface area contributed by atoms with E-state index in [4.69, 9.17) is 14.5 Å². The van der Waals surface area contributed by atoms with Crippen LogP contribution in [-0.2, 0) is 19.5 Å². The molecule has 0 saturated carbocycles. The van der Waals surface area contributed by atoms with E-state index < -0.39 is 0 Å². The number of nitrogens with zero attached hydrogens (tertiary/aromatic N) is 2. The van der Waals surface area contributed by atoms with Crippen molar-refractivity contribution in [1.82, 2.24) is 14.9 Å². The van der Waals surface area contributed by atoms with E-state index in [1.54, 1.807) is 0 Å². The van der Waals surface area contributed by atoms with Crippen molar-refractivity contribution < 1.29 is 9.47 Å². The van der Waals surface area contributed by atoms with Crippen molar-refractivity contribution >= 4 is 0 Å². The summed E-state index contributed by atoms with van der Waals surface area (Å²) in [5.74, 6) is 2.20. The van der Waals surface area contributed by atoms with E-state index in [1.807, 2.05) is 57.2 Å². The summed E-state index contributed by atoms with van der Waals surface area (Å²) in [7, 11) is 0. The standard InChI is InChI=1S/C25H29N3O3/c1-4-30-22-8-6-7-19(23(22)31-5-2)15-28-14-13-20-21(16-28)26-24(27-25(20)29)18-11-9-17(3)10-12-18/h6-12H,4-5,13-16H2,1-3H3,(H,26,27,29). The van der Waals surface area contributed by atoms with Gasteiger partial charge in [-0.3, -0.25) is 9.69 Å². The molecular formula is C25H29N3O3. The van der Waals surface area contributed by atoms with Crippen LogP contribution in [0.2, 0.25) is 0 Å². The second-order valence-electron chi connectivity index (χ2n) is 7.78. The molecule has 6 heteroatoms. The third kappa shape index (κ3) is 4.64. The summed E-state index contributed by atoms with van der Waals surface area (Å²) in [6.45, 7) is 9.30. The Morgan fingerprint density at radius 2 is 1.84 bits per heavy atom. The molecule has 6 nitrogen and oxygen atoms in total. The third-order valence-electron chi connectivity index (χ3n) is 5.52. The normalized spacial score (nSPS) is 13.6. The number of benzene rings is 2. The van der Waals surface area contributed by atoms with Crippen molar-refractivity contribution in [2.75, 3.05) is 19.8 Å². The number of rotatable bonds is 7. The maximum absolute atomic E-state index is 12.7. The zero-order valence-electron chi connectivity index (χ0n) is 18.4. The lowest BCUT2D eigenvalue weighted by Crippen LogP contribution is -2.35. The Morgan fingerprint density at radius 3 is 2.58 bits per heavy atom. The van der Waals surface area contributed by atoms with Crippen molar-refractivity contribution in [2.45, 2.75) is 40.3 Å². The Kier molecular flexibility index (Phi) is 6.37. The van der Waals surface area contributed by atoms with Crippen LogP contribution in [0, 0.1) is 6.92 Å². The number of fused-ring (bicyclic) bond motifs is 1. The first kappa shape index (κ1) is 21.1. The lowest BCUT2D eigenvalue weighted by molar-refractivity contribution is 0.231. The average Bonchev–Trinajstić information content (AvgIpc) is 2.76. The molecule has 2 heterocycles. The number of aromatic nitrogens is 2. The van der Waals surface area contributed by atoms with Crippen LogP contribution in [0.15, 0.2) is 47.3 Å². The van der Waals surface area contributed by atoms with Crippen molar-refractivity contribution in [3.63, 3.8) is 0 Å². The first-order valence-electron chi connectivity index (χ1n) is 10.9. The van der Waals surface area contributed by atoms with Gasteiger partial charge in [-0.2, -0.15) is 0 Å². The molecule has 0 fully saturated rings. The number of hydrogen-bond acceptors (Lipinski definition) is 5. The van der Waals surface area contributed by atoms with Crippen LogP contribution in [-0.4, -0.2) is 34.6 Å². The molecule has 4 rings (SSSR count). The monoisotopic (exact) mass is 419 g/mol. The van der Waals surface area contributed by atoms with Gasteiger partial charge in [-0.05, 0) is 33.3 Å². The van der Waals surface area contributed by atoms with E-state index in [-0.39, 0.29) is 5.56 Å². The zero-order valence-corrected chi connectivity index (χ0v) is 18.4. The number of para-hydroxylation sites is 1. The van der Waals surface area contributed by atoms with E-state index in [0.29, 0.717) is 38.5 Å². The highest BCUT2D eigenvalue weighted by atomic mass is 16.5. The molecule has 1 aliphatic heterocycles. The van der Waals surface area contributed by atoms with E-state index in [0.717, 1.165) is 40.4 Å². The molecule has 0 atom stereocenters. The minimum atomic E-state index is -0.0337. The summed E-state index contributed by atoms with van der Waals surface area (Å²) in [6, 6.07) is 14.1. The van der Waals surface area contributed by atoms with Crippen LogP contribution in [0.5, 0.6) is 11.5 Å². The highest BCUT2D eigenvalue weighted by Crippen LogP contribution is 2.33. The van der Waals surface area contributed by atoms with Crippen molar-refractivity contribution in [1.29, 1.82) is 0 Å². The molecule has 1 N–H and O–H groups in total.